The van der Waals surface area contributed by atoms with Crippen molar-refractivity contribution in [2.45, 2.75) is 6.61 Å². The third-order valence-corrected chi connectivity index (χ3v) is 2.41. The minimum Gasteiger partial charge on any atom is -0.486 e. The summed E-state index contributed by atoms with van der Waals surface area (Å²) in [5, 5.41) is 4.18. The Bertz CT molecular complexity index is 625. The van der Waals surface area contributed by atoms with E-state index in [2.05, 4.69) is 16.9 Å². The van der Waals surface area contributed by atoms with Crippen LogP contribution in [0.1, 0.15) is 11.3 Å². The Labute approximate surface area is 111 Å². The summed E-state index contributed by atoms with van der Waals surface area (Å²) in [7, 11) is 1.82. The summed E-state index contributed by atoms with van der Waals surface area (Å²) in [6.07, 6.45) is 1.82. The summed E-state index contributed by atoms with van der Waals surface area (Å²) in [5.74, 6) is 5.60. The van der Waals surface area contributed by atoms with Crippen molar-refractivity contribution in [2.24, 2.45) is 12.8 Å². The average Bonchev–Trinajstić information content (AvgIpc) is 2.81. The summed E-state index contributed by atoms with van der Waals surface area (Å²) in [6.45, 7) is 0.513. The molecule has 0 atom stereocenters. The van der Waals surface area contributed by atoms with Crippen molar-refractivity contribution in [3.05, 3.63) is 47.5 Å². The number of nitrogens with zero attached hydrogens (tertiary/aromatic N) is 2. The Morgan fingerprint density at radius 3 is 2.95 bits per heavy atom. The number of hydrogen-bond acceptors (Lipinski definition) is 3. The van der Waals surface area contributed by atoms with Crippen molar-refractivity contribution in [2.75, 3.05) is 6.54 Å². The van der Waals surface area contributed by atoms with Gasteiger partial charge in [-0.05, 0) is 18.2 Å². The molecule has 1 aromatic heterocycles. The minimum absolute atomic E-state index is 0.247. The Hall–Kier alpha value is -2.32. The molecule has 98 valence electrons. The number of benzene rings is 1. The molecule has 1 aromatic carbocycles. The van der Waals surface area contributed by atoms with Gasteiger partial charge >= 0.3 is 0 Å². The zero-order valence-electron chi connectivity index (χ0n) is 10.6. The molecule has 0 spiro atoms. The lowest BCUT2D eigenvalue weighted by atomic mass is 10.2. The number of nitrogens with two attached hydrogens (primary N) is 1. The zero-order valence-corrected chi connectivity index (χ0v) is 10.6. The first-order chi connectivity index (χ1) is 9.19. The molecular formula is C14H14FN3O. The van der Waals surface area contributed by atoms with Gasteiger partial charge in [0.1, 0.15) is 18.2 Å². The summed E-state index contributed by atoms with van der Waals surface area (Å²) in [5.41, 5.74) is 6.70. The molecule has 0 unspecified atom stereocenters. The Kier molecular flexibility index (Phi) is 4.16. The van der Waals surface area contributed by atoms with Crippen LogP contribution in [-0.2, 0) is 13.7 Å². The van der Waals surface area contributed by atoms with Gasteiger partial charge in [-0.2, -0.15) is 5.10 Å². The average molecular weight is 259 g/mol. The maximum absolute atomic E-state index is 13.2. The number of hydrogen-bond donors (Lipinski definition) is 1. The van der Waals surface area contributed by atoms with E-state index >= 15 is 0 Å². The third-order valence-electron chi connectivity index (χ3n) is 2.41. The quantitative estimate of drug-likeness (QED) is 0.849. The van der Waals surface area contributed by atoms with E-state index in [-0.39, 0.29) is 19.0 Å². The van der Waals surface area contributed by atoms with Crippen molar-refractivity contribution in [3.63, 3.8) is 0 Å². The second-order valence-corrected chi connectivity index (χ2v) is 3.92. The van der Waals surface area contributed by atoms with Crippen LogP contribution in [0, 0.1) is 17.7 Å². The van der Waals surface area contributed by atoms with Crippen LogP contribution in [0.3, 0.4) is 0 Å². The summed E-state index contributed by atoms with van der Waals surface area (Å²) in [6, 6.07) is 6.06. The first-order valence-corrected chi connectivity index (χ1v) is 5.79. The van der Waals surface area contributed by atoms with Crippen LogP contribution in [-0.4, -0.2) is 16.3 Å². The predicted molar refractivity (Wildman–Crippen MR) is 69.9 cm³/mol. The fraction of sp³-hybridized carbons (Fsp3) is 0.214. The van der Waals surface area contributed by atoms with Gasteiger partial charge in [-0.1, -0.05) is 11.8 Å². The minimum atomic E-state index is -0.366. The van der Waals surface area contributed by atoms with Gasteiger partial charge in [0.25, 0.3) is 0 Å². The molecule has 0 bridgehead atoms. The summed E-state index contributed by atoms with van der Waals surface area (Å²) >= 11 is 0. The molecule has 4 nitrogen and oxygen atoms in total. The normalized spacial score (nSPS) is 9.84. The van der Waals surface area contributed by atoms with Gasteiger partial charge in [0.05, 0.1) is 17.8 Å². The third kappa shape index (κ3) is 3.57. The van der Waals surface area contributed by atoms with Gasteiger partial charge in [-0.3, -0.25) is 4.68 Å². The first kappa shape index (κ1) is 13.1. The molecule has 0 aliphatic rings. The maximum atomic E-state index is 13.2. The second kappa shape index (κ2) is 6.03. The van der Waals surface area contributed by atoms with Crippen molar-refractivity contribution >= 4 is 0 Å². The second-order valence-electron chi connectivity index (χ2n) is 3.92. The van der Waals surface area contributed by atoms with Crippen molar-refractivity contribution < 1.29 is 9.13 Å². The van der Waals surface area contributed by atoms with E-state index in [0.717, 1.165) is 5.69 Å². The molecule has 5 heteroatoms. The molecule has 0 aliphatic heterocycles. The van der Waals surface area contributed by atoms with E-state index in [9.17, 15) is 4.39 Å². The Balaban J connectivity index is 2.16. The van der Waals surface area contributed by atoms with Crippen LogP contribution in [0.5, 0.6) is 5.75 Å². The van der Waals surface area contributed by atoms with E-state index in [4.69, 9.17) is 10.5 Å². The lowest BCUT2D eigenvalue weighted by Crippen LogP contribution is -2.00. The van der Waals surface area contributed by atoms with Crippen LogP contribution >= 0.6 is 0 Å². The molecule has 2 aromatic rings. The number of rotatable bonds is 3. The molecule has 1 heterocycles. The molecule has 0 saturated heterocycles. The van der Waals surface area contributed by atoms with Crippen molar-refractivity contribution in [1.29, 1.82) is 0 Å². The van der Waals surface area contributed by atoms with Gasteiger partial charge in [-0.25, -0.2) is 4.39 Å². The van der Waals surface area contributed by atoms with E-state index in [1.54, 1.807) is 10.7 Å². The van der Waals surface area contributed by atoms with E-state index in [1.165, 1.54) is 12.1 Å². The number of aryl methyl sites for hydroxylation is 1. The highest BCUT2D eigenvalue weighted by Gasteiger charge is 2.05. The van der Waals surface area contributed by atoms with E-state index in [0.29, 0.717) is 11.3 Å². The molecule has 0 fully saturated rings. The summed E-state index contributed by atoms with van der Waals surface area (Å²) in [4.78, 5) is 0. The van der Waals surface area contributed by atoms with E-state index in [1.807, 2.05) is 19.3 Å². The molecule has 19 heavy (non-hydrogen) atoms. The SMILES string of the molecule is Cn1ccc(COc2cc(F)ccc2C#CCN)n1. The fourth-order valence-corrected chi connectivity index (χ4v) is 1.56. The van der Waals surface area contributed by atoms with Gasteiger partial charge < -0.3 is 10.5 Å². The number of halogens is 1. The molecule has 2 rings (SSSR count). The number of ether oxygens (including phenoxy) is 1. The molecule has 0 amide bonds. The van der Waals surface area contributed by atoms with Crippen LogP contribution in [0.15, 0.2) is 30.5 Å². The van der Waals surface area contributed by atoms with Crippen LogP contribution < -0.4 is 10.5 Å². The number of aromatic nitrogens is 2. The van der Waals surface area contributed by atoms with Crippen molar-refractivity contribution in [3.8, 4) is 17.6 Å². The molecule has 0 radical (unpaired) electrons. The van der Waals surface area contributed by atoms with Crippen molar-refractivity contribution in [1.82, 2.24) is 9.78 Å². The predicted octanol–water partition coefficient (Wildman–Crippen LogP) is 1.45. The highest BCUT2D eigenvalue weighted by molar-refractivity contribution is 5.46. The van der Waals surface area contributed by atoms with Crippen LogP contribution in [0.2, 0.25) is 0 Å². The zero-order chi connectivity index (χ0) is 13.7. The highest BCUT2D eigenvalue weighted by atomic mass is 19.1. The van der Waals surface area contributed by atoms with Gasteiger partial charge in [0.15, 0.2) is 0 Å². The van der Waals surface area contributed by atoms with Gasteiger partial charge in [0, 0.05) is 19.3 Å². The van der Waals surface area contributed by atoms with Gasteiger partial charge in [0.2, 0.25) is 0 Å². The largest absolute Gasteiger partial charge is 0.486 e. The molecular weight excluding hydrogens is 245 g/mol. The monoisotopic (exact) mass is 259 g/mol. The van der Waals surface area contributed by atoms with Crippen LogP contribution in [0.4, 0.5) is 4.39 Å². The first-order valence-electron chi connectivity index (χ1n) is 5.79. The summed E-state index contributed by atoms with van der Waals surface area (Å²) < 4.78 is 20.5. The Morgan fingerprint density at radius 2 is 2.26 bits per heavy atom. The highest BCUT2D eigenvalue weighted by Crippen LogP contribution is 2.20. The fourth-order valence-electron chi connectivity index (χ4n) is 1.56. The maximum Gasteiger partial charge on any atom is 0.138 e. The molecule has 0 aliphatic carbocycles. The molecule has 0 saturated carbocycles. The smallest absolute Gasteiger partial charge is 0.138 e. The van der Waals surface area contributed by atoms with Crippen LogP contribution in [0.25, 0.3) is 0 Å². The topological polar surface area (TPSA) is 53.1 Å². The van der Waals surface area contributed by atoms with Gasteiger partial charge in [-0.15, -0.1) is 0 Å². The lowest BCUT2D eigenvalue weighted by molar-refractivity contribution is 0.297. The standard InChI is InChI=1S/C14H14FN3O/c1-18-8-6-13(17-18)10-19-14-9-12(15)5-4-11(14)3-2-7-16/h4-6,8-9H,7,10,16H2,1H3. The lowest BCUT2D eigenvalue weighted by Gasteiger charge is -2.06. The van der Waals surface area contributed by atoms with E-state index < -0.39 is 0 Å². The Morgan fingerprint density at radius 1 is 1.42 bits per heavy atom. The molecule has 2 N–H and O–H groups in total.